The topological polar surface area (TPSA) is 72.3 Å². The van der Waals surface area contributed by atoms with Gasteiger partial charge in [0.05, 0.1) is 11.0 Å². The predicted octanol–water partition coefficient (Wildman–Crippen LogP) is 4.63. The second kappa shape index (κ2) is 8.30. The summed E-state index contributed by atoms with van der Waals surface area (Å²) in [5.74, 6) is 0.882. The van der Waals surface area contributed by atoms with Crippen molar-refractivity contribution in [2.45, 2.75) is 6.54 Å². The van der Waals surface area contributed by atoms with E-state index in [9.17, 15) is 0 Å². The Morgan fingerprint density at radius 2 is 1.38 bits per heavy atom. The Balaban J connectivity index is 1.28. The van der Waals surface area contributed by atoms with Crippen LogP contribution in [0.4, 0.5) is 5.69 Å². The molecule has 8 aromatic rings. The molecule has 8 rings (SSSR count). The Kier molecular flexibility index (Phi) is 4.71. The maximum absolute atomic E-state index is 5.17. The second-order valence-electron chi connectivity index (χ2n) is 10.6. The summed E-state index contributed by atoms with van der Waals surface area (Å²) in [5, 5.41) is 10.9. The standard InChI is InChI=1S/C32H25B2N5/c33-18-5-9-28-24(11-18)17(15-36-28)14-35-20-7-8-22-21-3-1-2-4-23(21)30-31(26(22)13-20)39-32(38-30)27-16-37-29-10-6-19(34)12-25(27)29/h1-13,15-16,35-37H,14,33-34H2,(H,38,39). The van der Waals surface area contributed by atoms with Gasteiger partial charge in [0.1, 0.15) is 21.5 Å². The van der Waals surface area contributed by atoms with Gasteiger partial charge in [0.15, 0.2) is 0 Å². The number of anilines is 1. The molecule has 3 aromatic heterocycles. The fourth-order valence-corrected chi connectivity index (χ4v) is 5.98. The molecule has 7 heteroatoms. The van der Waals surface area contributed by atoms with Gasteiger partial charge in [-0.2, -0.15) is 0 Å². The normalized spacial score (nSPS) is 11.9. The summed E-state index contributed by atoms with van der Waals surface area (Å²) in [4.78, 5) is 15.7. The summed E-state index contributed by atoms with van der Waals surface area (Å²) in [6.45, 7) is 0.745. The highest BCUT2D eigenvalue weighted by molar-refractivity contribution is 6.33. The van der Waals surface area contributed by atoms with Gasteiger partial charge in [0.2, 0.25) is 0 Å². The number of fused-ring (bicyclic) bond motifs is 8. The van der Waals surface area contributed by atoms with Crippen LogP contribution in [0.3, 0.4) is 0 Å². The Hall–Kier alpha value is -4.90. The molecule has 0 unspecified atom stereocenters. The first kappa shape index (κ1) is 22.1. The highest BCUT2D eigenvalue weighted by Gasteiger charge is 2.16. The maximum atomic E-state index is 5.17. The Morgan fingerprint density at radius 1 is 0.667 bits per heavy atom. The van der Waals surface area contributed by atoms with Crippen molar-refractivity contribution >= 4 is 86.7 Å². The molecule has 39 heavy (non-hydrogen) atoms. The largest absolute Gasteiger partial charge is 0.381 e. The van der Waals surface area contributed by atoms with Crippen molar-refractivity contribution < 1.29 is 0 Å². The molecular weight excluding hydrogens is 476 g/mol. The molecule has 0 amide bonds. The van der Waals surface area contributed by atoms with Crippen molar-refractivity contribution in [1.82, 2.24) is 19.9 Å². The van der Waals surface area contributed by atoms with Crippen LogP contribution >= 0.6 is 0 Å². The lowest BCUT2D eigenvalue weighted by atomic mass is 9.94. The van der Waals surface area contributed by atoms with Crippen LogP contribution in [0.5, 0.6) is 0 Å². The third-order valence-electron chi connectivity index (χ3n) is 7.96. The Bertz CT molecular complexity index is 2220. The number of hydrogen-bond donors (Lipinski definition) is 4. The van der Waals surface area contributed by atoms with Crippen molar-refractivity contribution in [3.8, 4) is 11.4 Å². The highest BCUT2D eigenvalue weighted by atomic mass is 14.9. The van der Waals surface area contributed by atoms with Gasteiger partial charge < -0.3 is 20.3 Å². The summed E-state index contributed by atoms with van der Waals surface area (Å²) in [7, 11) is 4.26. The molecule has 3 heterocycles. The van der Waals surface area contributed by atoms with Crippen LogP contribution in [0.25, 0.3) is 65.8 Å². The van der Waals surface area contributed by atoms with Crippen molar-refractivity contribution in [3.05, 3.63) is 96.8 Å². The first-order valence-corrected chi connectivity index (χ1v) is 13.4. The van der Waals surface area contributed by atoms with Gasteiger partial charge in [-0.1, -0.05) is 65.5 Å². The predicted molar refractivity (Wildman–Crippen MR) is 170 cm³/mol. The van der Waals surface area contributed by atoms with Crippen molar-refractivity contribution in [3.63, 3.8) is 0 Å². The molecule has 0 bridgehead atoms. The molecule has 0 aliphatic heterocycles. The molecule has 0 saturated carbocycles. The van der Waals surface area contributed by atoms with E-state index >= 15 is 0 Å². The lowest BCUT2D eigenvalue weighted by Gasteiger charge is -2.10. The number of aromatic nitrogens is 4. The fraction of sp³-hybridized carbons (Fsp3) is 0.0312. The van der Waals surface area contributed by atoms with Crippen molar-refractivity contribution in [2.75, 3.05) is 5.32 Å². The van der Waals surface area contributed by atoms with E-state index in [1.54, 1.807) is 0 Å². The number of nitrogens with one attached hydrogen (secondary N) is 4. The van der Waals surface area contributed by atoms with E-state index in [0.29, 0.717) is 0 Å². The maximum Gasteiger partial charge on any atom is 0.140 e. The van der Waals surface area contributed by atoms with Gasteiger partial charge in [-0.3, -0.25) is 0 Å². The molecule has 5 nitrogen and oxygen atoms in total. The lowest BCUT2D eigenvalue weighted by molar-refractivity contribution is 1.16. The molecule has 0 radical (unpaired) electrons. The SMILES string of the molecule is Bc1ccc2[nH]cc(CNc3ccc4c5ccccc5c5nc(-c6c[nH]c7ccc(B)cc67)[nH]c5c4c3)c2c1. The van der Waals surface area contributed by atoms with Crippen LogP contribution in [0.15, 0.2) is 91.3 Å². The van der Waals surface area contributed by atoms with Crippen LogP contribution in [0.1, 0.15) is 5.56 Å². The first-order valence-electron chi connectivity index (χ1n) is 13.4. The van der Waals surface area contributed by atoms with Gasteiger partial charge in [-0.05, 0) is 40.6 Å². The summed E-state index contributed by atoms with van der Waals surface area (Å²) in [6.07, 6.45) is 4.16. The number of aromatic amines is 3. The number of nitrogens with zero attached hydrogens (tertiary/aromatic N) is 1. The number of H-pyrrole nitrogens is 3. The summed E-state index contributed by atoms with van der Waals surface area (Å²) in [5.41, 5.74) is 10.3. The molecule has 5 aromatic carbocycles. The molecule has 0 aliphatic rings. The van der Waals surface area contributed by atoms with Gasteiger partial charge >= 0.3 is 0 Å². The van der Waals surface area contributed by atoms with E-state index in [2.05, 4.69) is 127 Å². The van der Waals surface area contributed by atoms with Crippen LogP contribution in [-0.2, 0) is 6.54 Å². The molecule has 0 fully saturated rings. The van der Waals surface area contributed by atoms with E-state index < -0.39 is 0 Å². The summed E-state index contributed by atoms with van der Waals surface area (Å²) >= 11 is 0. The Labute approximate surface area is 226 Å². The van der Waals surface area contributed by atoms with Gasteiger partial charge in [0, 0.05) is 62.8 Å². The van der Waals surface area contributed by atoms with E-state index in [4.69, 9.17) is 4.98 Å². The minimum atomic E-state index is 0.745. The third-order valence-corrected chi connectivity index (χ3v) is 7.96. The van der Waals surface area contributed by atoms with Gasteiger partial charge in [-0.15, -0.1) is 0 Å². The van der Waals surface area contributed by atoms with Crippen LogP contribution in [0, 0.1) is 0 Å². The van der Waals surface area contributed by atoms with Gasteiger partial charge in [-0.25, -0.2) is 4.98 Å². The summed E-state index contributed by atoms with van der Waals surface area (Å²) in [6, 6.07) is 28.3. The average molecular weight is 501 g/mol. The third kappa shape index (κ3) is 3.47. The zero-order valence-electron chi connectivity index (χ0n) is 21.8. The summed E-state index contributed by atoms with van der Waals surface area (Å²) < 4.78 is 0. The minimum Gasteiger partial charge on any atom is -0.381 e. The number of imidazole rings is 1. The zero-order chi connectivity index (χ0) is 26.1. The molecule has 0 aliphatic carbocycles. The number of benzene rings is 5. The molecule has 4 N–H and O–H groups in total. The Morgan fingerprint density at radius 3 is 2.23 bits per heavy atom. The van der Waals surface area contributed by atoms with Crippen LogP contribution in [-0.4, -0.2) is 35.6 Å². The second-order valence-corrected chi connectivity index (χ2v) is 10.6. The van der Waals surface area contributed by atoms with E-state index in [-0.39, 0.29) is 0 Å². The molecule has 0 saturated heterocycles. The monoisotopic (exact) mass is 501 g/mol. The highest BCUT2D eigenvalue weighted by Crippen LogP contribution is 2.37. The smallest absolute Gasteiger partial charge is 0.140 e. The molecule has 0 spiro atoms. The minimum absolute atomic E-state index is 0.745. The van der Waals surface area contributed by atoms with E-state index in [1.807, 2.05) is 0 Å². The quantitative estimate of drug-likeness (QED) is 0.210. The molecule has 184 valence electrons. The van der Waals surface area contributed by atoms with Crippen LogP contribution < -0.4 is 16.2 Å². The van der Waals surface area contributed by atoms with Crippen molar-refractivity contribution in [2.24, 2.45) is 0 Å². The molecule has 0 atom stereocenters. The number of rotatable bonds is 4. The van der Waals surface area contributed by atoms with Gasteiger partial charge in [0.25, 0.3) is 0 Å². The first-order chi connectivity index (χ1) is 19.1. The fourth-order valence-electron chi connectivity index (χ4n) is 5.98. The van der Waals surface area contributed by atoms with Crippen LogP contribution in [0.2, 0.25) is 0 Å². The van der Waals surface area contributed by atoms with E-state index in [1.165, 1.54) is 48.9 Å². The molecular formula is C32H25B2N5. The van der Waals surface area contributed by atoms with Crippen molar-refractivity contribution in [1.29, 1.82) is 0 Å². The average Bonchev–Trinajstić information content (AvgIpc) is 3.68. The lowest BCUT2D eigenvalue weighted by Crippen LogP contribution is -2.02. The number of hydrogen-bond acceptors (Lipinski definition) is 2. The van der Waals surface area contributed by atoms with E-state index in [0.717, 1.165) is 45.6 Å². The zero-order valence-corrected chi connectivity index (χ0v) is 21.8.